The van der Waals surface area contributed by atoms with Crippen molar-refractivity contribution in [1.29, 1.82) is 0 Å². The van der Waals surface area contributed by atoms with Gasteiger partial charge in [-0.2, -0.15) is 0 Å². The second-order valence-electron chi connectivity index (χ2n) is 7.76. The van der Waals surface area contributed by atoms with Crippen LogP contribution in [0.15, 0.2) is 24.3 Å². The molecule has 2 aliphatic rings. The van der Waals surface area contributed by atoms with E-state index in [-0.39, 0.29) is 11.8 Å². The number of anilines is 1. The van der Waals surface area contributed by atoms with Crippen molar-refractivity contribution in [2.75, 3.05) is 25.0 Å². The lowest BCUT2D eigenvalue weighted by molar-refractivity contribution is 0.0775. The van der Waals surface area contributed by atoms with Gasteiger partial charge in [-0.05, 0) is 43.7 Å². The molecule has 0 saturated carbocycles. The number of imidazole rings is 1. The van der Waals surface area contributed by atoms with Crippen molar-refractivity contribution in [3.05, 3.63) is 47.0 Å². The van der Waals surface area contributed by atoms with Crippen molar-refractivity contribution < 1.29 is 9.59 Å². The first-order chi connectivity index (χ1) is 13.6. The van der Waals surface area contributed by atoms with Gasteiger partial charge in [-0.25, -0.2) is 4.98 Å². The van der Waals surface area contributed by atoms with Gasteiger partial charge in [0.2, 0.25) is 0 Å². The maximum Gasteiger partial charge on any atom is 0.289 e. The van der Waals surface area contributed by atoms with Gasteiger partial charge in [-0.1, -0.05) is 31.5 Å². The summed E-state index contributed by atoms with van der Waals surface area (Å²) in [7, 11) is 1.82. The summed E-state index contributed by atoms with van der Waals surface area (Å²) in [5.74, 6) is 0.257. The van der Waals surface area contributed by atoms with Crippen molar-refractivity contribution in [3.8, 4) is 0 Å². The Morgan fingerprint density at radius 1 is 1.14 bits per heavy atom. The molecule has 2 aliphatic heterocycles. The predicted octanol–water partition coefficient (Wildman–Crippen LogP) is 3.29. The Bertz CT molecular complexity index is 902. The lowest BCUT2D eigenvalue weighted by Gasteiger charge is -2.21. The number of hydrogen-bond acceptors (Lipinski definition) is 3. The first-order valence-electron chi connectivity index (χ1n) is 10.4. The number of fused-ring (bicyclic) bond motifs is 2. The van der Waals surface area contributed by atoms with Gasteiger partial charge >= 0.3 is 0 Å². The van der Waals surface area contributed by atoms with Crippen LogP contribution < -0.4 is 4.90 Å². The Morgan fingerprint density at radius 2 is 1.96 bits per heavy atom. The SMILES string of the molecule is CCCCN(C)C(=O)c1nc(C(=O)N2CCc3ccccc32)c2n1CCCC2. The lowest BCUT2D eigenvalue weighted by Crippen LogP contribution is -2.31. The Kier molecular flexibility index (Phi) is 5.20. The van der Waals surface area contributed by atoms with Crippen LogP contribution in [0.25, 0.3) is 0 Å². The molecule has 0 saturated heterocycles. The van der Waals surface area contributed by atoms with Gasteiger partial charge in [0.05, 0.1) is 5.69 Å². The normalized spacial score (nSPS) is 15.3. The number of benzene rings is 1. The van der Waals surface area contributed by atoms with Crippen LogP contribution in [0.3, 0.4) is 0 Å². The minimum Gasteiger partial charge on any atom is -0.339 e. The predicted molar refractivity (Wildman–Crippen MR) is 109 cm³/mol. The minimum atomic E-state index is -0.0857. The third-order valence-corrected chi connectivity index (χ3v) is 5.84. The molecule has 1 aromatic carbocycles. The van der Waals surface area contributed by atoms with E-state index in [1.807, 2.05) is 34.7 Å². The molecule has 2 amide bonds. The molecule has 0 fully saturated rings. The Balaban J connectivity index is 1.68. The monoisotopic (exact) mass is 380 g/mol. The number of amides is 2. The summed E-state index contributed by atoms with van der Waals surface area (Å²) < 4.78 is 1.99. The van der Waals surface area contributed by atoms with E-state index in [2.05, 4.69) is 18.0 Å². The maximum absolute atomic E-state index is 13.4. The van der Waals surface area contributed by atoms with Crippen LogP contribution in [0.1, 0.15) is 65.0 Å². The van der Waals surface area contributed by atoms with Gasteiger partial charge in [0.25, 0.3) is 11.8 Å². The molecule has 4 rings (SSSR count). The molecule has 0 radical (unpaired) electrons. The first kappa shape index (κ1) is 18.7. The van der Waals surface area contributed by atoms with Crippen LogP contribution >= 0.6 is 0 Å². The van der Waals surface area contributed by atoms with E-state index in [1.165, 1.54) is 5.56 Å². The Morgan fingerprint density at radius 3 is 2.79 bits per heavy atom. The molecular weight excluding hydrogens is 352 g/mol. The summed E-state index contributed by atoms with van der Waals surface area (Å²) in [6, 6.07) is 8.04. The highest BCUT2D eigenvalue weighted by molar-refractivity contribution is 6.07. The molecule has 0 N–H and O–H groups in total. The second kappa shape index (κ2) is 7.78. The van der Waals surface area contributed by atoms with Gasteiger partial charge in [0, 0.05) is 32.4 Å². The van der Waals surface area contributed by atoms with Crippen LogP contribution in [-0.2, 0) is 19.4 Å². The average molecular weight is 380 g/mol. The quantitative estimate of drug-likeness (QED) is 0.800. The van der Waals surface area contributed by atoms with Gasteiger partial charge in [0.1, 0.15) is 0 Å². The number of rotatable bonds is 5. The van der Waals surface area contributed by atoms with Crippen LogP contribution in [0.2, 0.25) is 0 Å². The Hall–Kier alpha value is -2.63. The number of carbonyl (C=O) groups excluding carboxylic acids is 2. The molecule has 1 aromatic heterocycles. The summed E-state index contributed by atoms with van der Waals surface area (Å²) in [6.07, 6.45) is 5.71. The molecule has 28 heavy (non-hydrogen) atoms. The van der Waals surface area contributed by atoms with E-state index in [0.717, 1.165) is 56.5 Å². The summed E-state index contributed by atoms with van der Waals surface area (Å²) in [5.41, 5.74) is 3.55. The number of nitrogens with zero attached hydrogens (tertiary/aromatic N) is 4. The average Bonchev–Trinajstić information content (AvgIpc) is 3.33. The fraction of sp³-hybridized carbons (Fsp3) is 0.500. The molecule has 6 heteroatoms. The van der Waals surface area contributed by atoms with E-state index in [4.69, 9.17) is 0 Å². The van der Waals surface area contributed by atoms with Gasteiger partial charge < -0.3 is 14.4 Å². The van der Waals surface area contributed by atoms with Crippen molar-refractivity contribution >= 4 is 17.5 Å². The first-order valence-corrected chi connectivity index (χ1v) is 10.4. The number of para-hydroxylation sites is 1. The molecule has 6 nitrogen and oxygen atoms in total. The molecule has 3 heterocycles. The van der Waals surface area contributed by atoms with Crippen molar-refractivity contribution in [2.24, 2.45) is 0 Å². The fourth-order valence-electron chi connectivity index (χ4n) is 4.22. The van der Waals surface area contributed by atoms with E-state index in [1.54, 1.807) is 4.90 Å². The molecule has 148 valence electrons. The van der Waals surface area contributed by atoms with Crippen LogP contribution in [0.5, 0.6) is 0 Å². The highest BCUT2D eigenvalue weighted by Crippen LogP contribution is 2.30. The third-order valence-electron chi connectivity index (χ3n) is 5.84. The summed E-state index contributed by atoms with van der Waals surface area (Å²) >= 11 is 0. The smallest absolute Gasteiger partial charge is 0.289 e. The van der Waals surface area contributed by atoms with E-state index in [9.17, 15) is 9.59 Å². The summed E-state index contributed by atoms with van der Waals surface area (Å²) in [4.78, 5) is 34.6. The van der Waals surface area contributed by atoms with E-state index < -0.39 is 0 Å². The summed E-state index contributed by atoms with van der Waals surface area (Å²) in [6.45, 7) is 4.25. The number of aromatic nitrogens is 2. The molecule has 0 atom stereocenters. The number of unbranched alkanes of at least 4 members (excludes halogenated alkanes) is 1. The lowest BCUT2D eigenvalue weighted by atomic mass is 10.1. The van der Waals surface area contributed by atoms with Crippen molar-refractivity contribution in [1.82, 2.24) is 14.5 Å². The molecular formula is C22H28N4O2. The Labute approximate surface area is 166 Å². The highest BCUT2D eigenvalue weighted by Gasteiger charge is 2.33. The van der Waals surface area contributed by atoms with Crippen LogP contribution in [-0.4, -0.2) is 46.4 Å². The zero-order valence-corrected chi connectivity index (χ0v) is 16.8. The fourth-order valence-corrected chi connectivity index (χ4v) is 4.22. The third kappa shape index (κ3) is 3.21. The topological polar surface area (TPSA) is 58.4 Å². The minimum absolute atomic E-state index is 0.0779. The highest BCUT2D eigenvalue weighted by atomic mass is 16.2. The standard InChI is InChI=1S/C22H28N4O2/c1-3-4-13-24(2)22(28)20-23-19(18-11-7-8-14-25(18)20)21(27)26-15-12-16-9-5-6-10-17(16)26/h5-6,9-10H,3-4,7-8,11-15H2,1-2H3. The van der Waals surface area contributed by atoms with Crippen LogP contribution in [0, 0.1) is 0 Å². The van der Waals surface area contributed by atoms with Crippen molar-refractivity contribution in [3.63, 3.8) is 0 Å². The summed E-state index contributed by atoms with van der Waals surface area (Å²) in [5, 5.41) is 0. The maximum atomic E-state index is 13.4. The zero-order chi connectivity index (χ0) is 19.7. The van der Waals surface area contributed by atoms with Crippen molar-refractivity contribution in [2.45, 2.75) is 52.0 Å². The van der Waals surface area contributed by atoms with E-state index in [0.29, 0.717) is 24.6 Å². The largest absolute Gasteiger partial charge is 0.339 e. The molecule has 0 aliphatic carbocycles. The number of hydrogen-bond donors (Lipinski definition) is 0. The number of carbonyl (C=O) groups is 2. The molecule has 0 unspecified atom stereocenters. The van der Waals surface area contributed by atoms with Gasteiger partial charge in [0.15, 0.2) is 11.5 Å². The van der Waals surface area contributed by atoms with Gasteiger partial charge in [-0.15, -0.1) is 0 Å². The molecule has 0 bridgehead atoms. The van der Waals surface area contributed by atoms with Gasteiger partial charge in [-0.3, -0.25) is 9.59 Å². The van der Waals surface area contributed by atoms with E-state index >= 15 is 0 Å². The molecule has 2 aromatic rings. The zero-order valence-electron chi connectivity index (χ0n) is 16.8. The van der Waals surface area contributed by atoms with Crippen LogP contribution in [0.4, 0.5) is 5.69 Å². The molecule has 0 spiro atoms. The second-order valence-corrected chi connectivity index (χ2v) is 7.76.